The molecule has 1 saturated heterocycles. The molecular formula is C25H27Cl2IN4O. The van der Waals surface area contributed by atoms with Crippen LogP contribution in [-0.2, 0) is 12.8 Å². The molecule has 1 aliphatic rings. The van der Waals surface area contributed by atoms with Crippen LogP contribution in [0.15, 0.2) is 48.5 Å². The molecule has 1 amide bonds. The predicted molar refractivity (Wildman–Crippen MR) is 142 cm³/mol. The SMILES string of the molecule is O=C(NN1CCCCC1)c1nn(-c2ccc(Cl)cc2Cl)c(CCCCc2ccccc2)c1I. The van der Waals surface area contributed by atoms with Crippen molar-refractivity contribution in [3.8, 4) is 5.69 Å². The number of carbonyl (C=O) groups excluding carboxylic acids is 1. The van der Waals surface area contributed by atoms with Gasteiger partial charge < -0.3 is 0 Å². The van der Waals surface area contributed by atoms with Crippen molar-refractivity contribution < 1.29 is 4.79 Å². The Morgan fingerprint density at radius 1 is 1.00 bits per heavy atom. The van der Waals surface area contributed by atoms with E-state index in [4.69, 9.17) is 28.3 Å². The molecular weight excluding hydrogens is 570 g/mol. The minimum absolute atomic E-state index is 0.171. The smallest absolute Gasteiger partial charge is 0.283 e. The number of aryl methyl sites for hydroxylation is 1. The van der Waals surface area contributed by atoms with Crippen LogP contribution >= 0.6 is 45.8 Å². The van der Waals surface area contributed by atoms with Crippen molar-refractivity contribution in [3.05, 3.63) is 79.1 Å². The van der Waals surface area contributed by atoms with Crippen molar-refractivity contribution in [2.75, 3.05) is 13.1 Å². The third-order valence-corrected chi connectivity index (χ3v) is 7.53. The third-order valence-electron chi connectivity index (χ3n) is 5.86. The average molecular weight is 597 g/mol. The number of benzene rings is 2. The summed E-state index contributed by atoms with van der Waals surface area (Å²) in [6.07, 6.45) is 7.26. The molecule has 1 fully saturated rings. The Morgan fingerprint density at radius 3 is 2.45 bits per heavy atom. The highest BCUT2D eigenvalue weighted by Crippen LogP contribution is 2.29. The summed E-state index contributed by atoms with van der Waals surface area (Å²) in [6.45, 7) is 1.75. The average Bonchev–Trinajstić information content (AvgIpc) is 3.14. The van der Waals surface area contributed by atoms with Gasteiger partial charge in [0.05, 0.1) is 20.0 Å². The first-order chi connectivity index (χ1) is 16.0. The van der Waals surface area contributed by atoms with Gasteiger partial charge in [0.2, 0.25) is 0 Å². The highest BCUT2D eigenvalue weighted by Gasteiger charge is 2.24. The Hall–Kier alpha value is -1.61. The first-order valence-corrected chi connectivity index (χ1v) is 13.2. The van der Waals surface area contributed by atoms with Gasteiger partial charge in [0.1, 0.15) is 0 Å². The number of piperidine rings is 1. The molecule has 2 aromatic carbocycles. The number of unbranched alkanes of at least 4 members (excludes halogenated alkanes) is 1. The maximum atomic E-state index is 13.1. The van der Waals surface area contributed by atoms with Crippen molar-refractivity contribution >= 4 is 51.7 Å². The number of amides is 1. The Morgan fingerprint density at radius 2 is 1.73 bits per heavy atom. The van der Waals surface area contributed by atoms with Gasteiger partial charge in [-0.05, 0) is 84.9 Å². The standard InChI is InChI=1S/C25H27Cl2IN4O/c26-19-13-14-21(20(27)17-19)32-22(12-6-5-11-18-9-3-1-4-10-18)23(28)24(29-32)25(33)30-31-15-7-2-8-16-31/h1,3-4,9-10,13-14,17H,2,5-8,11-12,15-16H2,(H,30,33). The Balaban J connectivity index is 1.56. The lowest BCUT2D eigenvalue weighted by Gasteiger charge is -2.26. The summed E-state index contributed by atoms with van der Waals surface area (Å²) in [5, 5.41) is 7.79. The largest absolute Gasteiger partial charge is 0.287 e. The highest BCUT2D eigenvalue weighted by molar-refractivity contribution is 14.1. The molecule has 0 unspecified atom stereocenters. The molecule has 0 spiro atoms. The van der Waals surface area contributed by atoms with E-state index in [2.05, 4.69) is 52.3 Å². The third kappa shape index (κ3) is 6.29. The first kappa shape index (κ1) is 24.5. The molecule has 0 saturated carbocycles. The molecule has 5 nitrogen and oxygen atoms in total. The molecule has 33 heavy (non-hydrogen) atoms. The molecule has 0 radical (unpaired) electrons. The Kier molecular flexibility index (Phi) is 8.68. The quantitative estimate of drug-likeness (QED) is 0.239. The number of rotatable bonds is 8. The van der Waals surface area contributed by atoms with Crippen LogP contribution in [0, 0.1) is 3.57 Å². The number of hydrogen-bond acceptors (Lipinski definition) is 3. The van der Waals surface area contributed by atoms with Crippen LogP contribution in [-0.4, -0.2) is 33.8 Å². The summed E-state index contributed by atoms with van der Waals surface area (Å²) in [4.78, 5) is 13.1. The lowest BCUT2D eigenvalue weighted by atomic mass is 10.1. The number of hydrazine groups is 1. The summed E-state index contributed by atoms with van der Waals surface area (Å²) in [5.41, 5.74) is 6.54. The molecule has 1 aromatic heterocycles. The van der Waals surface area contributed by atoms with Crippen LogP contribution in [0.4, 0.5) is 0 Å². The second-order valence-corrected chi connectivity index (χ2v) is 10.2. The summed E-state index contributed by atoms with van der Waals surface area (Å²) in [7, 11) is 0. The molecule has 0 bridgehead atoms. The maximum absolute atomic E-state index is 13.1. The number of hydrogen-bond donors (Lipinski definition) is 1. The summed E-state index contributed by atoms with van der Waals surface area (Å²) >= 11 is 14.9. The van der Waals surface area contributed by atoms with E-state index in [0.29, 0.717) is 15.7 Å². The lowest BCUT2D eigenvalue weighted by molar-refractivity contribution is 0.0743. The van der Waals surface area contributed by atoms with Crippen molar-refractivity contribution in [2.24, 2.45) is 0 Å². The van der Waals surface area contributed by atoms with Crippen LogP contribution in [0.2, 0.25) is 10.0 Å². The topological polar surface area (TPSA) is 50.2 Å². The molecule has 174 valence electrons. The van der Waals surface area contributed by atoms with E-state index in [1.807, 2.05) is 21.8 Å². The monoisotopic (exact) mass is 596 g/mol. The zero-order valence-electron chi connectivity index (χ0n) is 18.4. The fourth-order valence-corrected chi connectivity index (χ4v) is 5.45. The Bertz CT molecular complexity index is 1100. The van der Waals surface area contributed by atoms with Crippen LogP contribution in [0.25, 0.3) is 5.69 Å². The molecule has 1 N–H and O–H groups in total. The maximum Gasteiger partial charge on any atom is 0.287 e. The fourth-order valence-electron chi connectivity index (χ4n) is 4.12. The summed E-state index contributed by atoms with van der Waals surface area (Å²) in [5.74, 6) is -0.171. The van der Waals surface area contributed by atoms with Crippen molar-refractivity contribution in [1.29, 1.82) is 0 Å². The molecule has 8 heteroatoms. The molecule has 2 heterocycles. The molecule has 0 atom stereocenters. The van der Waals surface area contributed by atoms with Gasteiger partial charge in [-0.25, -0.2) is 9.69 Å². The van der Waals surface area contributed by atoms with E-state index in [9.17, 15) is 4.79 Å². The van der Waals surface area contributed by atoms with Gasteiger partial charge in [0.15, 0.2) is 5.69 Å². The first-order valence-electron chi connectivity index (χ1n) is 11.4. The van der Waals surface area contributed by atoms with Crippen LogP contribution in [0.3, 0.4) is 0 Å². The summed E-state index contributed by atoms with van der Waals surface area (Å²) in [6, 6.07) is 15.9. The van der Waals surface area contributed by atoms with Crippen LogP contribution in [0.1, 0.15) is 53.8 Å². The van der Waals surface area contributed by atoms with Gasteiger partial charge in [-0.1, -0.05) is 60.0 Å². The molecule has 0 aliphatic carbocycles. The van der Waals surface area contributed by atoms with Gasteiger partial charge in [0.25, 0.3) is 5.91 Å². The number of carbonyl (C=O) groups is 1. The van der Waals surface area contributed by atoms with Gasteiger partial charge in [-0.15, -0.1) is 0 Å². The highest BCUT2D eigenvalue weighted by atomic mass is 127. The van der Waals surface area contributed by atoms with E-state index < -0.39 is 0 Å². The molecule has 3 aromatic rings. The van der Waals surface area contributed by atoms with Crippen molar-refractivity contribution in [2.45, 2.75) is 44.9 Å². The molecule has 4 rings (SSSR count). The minimum Gasteiger partial charge on any atom is -0.283 e. The van der Waals surface area contributed by atoms with E-state index in [1.165, 1.54) is 12.0 Å². The number of halogens is 3. The van der Waals surface area contributed by atoms with Crippen LogP contribution in [0.5, 0.6) is 0 Å². The van der Waals surface area contributed by atoms with E-state index in [-0.39, 0.29) is 5.91 Å². The van der Waals surface area contributed by atoms with E-state index in [1.54, 1.807) is 12.1 Å². The predicted octanol–water partition coefficient (Wildman–Crippen LogP) is 6.48. The number of nitrogens with one attached hydrogen (secondary N) is 1. The van der Waals surface area contributed by atoms with Crippen molar-refractivity contribution in [1.82, 2.24) is 20.2 Å². The van der Waals surface area contributed by atoms with Gasteiger partial charge >= 0.3 is 0 Å². The normalized spacial score (nSPS) is 14.4. The van der Waals surface area contributed by atoms with Gasteiger partial charge in [-0.2, -0.15) is 5.10 Å². The fraction of sp³-hybridized carbons (Fsp3) is 0.360. The minimum atomic E-state index is -0.171. The zero-order chi connectivity index (χ0) is 23.2. The molecule has 1 aliphatic heterocycles. The number of aromatic nitrogens is 2. The van der Waals surface area contributed by atoms with E-state index in [0.717, 1.165) is 66.6 Å². The summed E-state index contributed by atoms with van der Waals surface area (Å²) < 4.78 is 2.68. The number of nitrogens with zero attached hydrogens (tertiary/aromatic N) is 3. The lowest BCUT2D eigenvalue weighted by Crippen LogP contribution is -2.45. The van der Waals surface area contributed by atoms with E-state index >= 15 is 0 Å². The second-order valence-electron chi connectivity index (χ2n) is 8.30. The second kappa shape index (κ2) is 11.7. The van der Waals surface area contributed by atoms with Gasteiger partial charge in [-0.3, -0.25) is 10.2 Å². The zero-order valence-corrected chi connectivity index (χ0v) is 22.0. The van der Waals surface area contributed by atoms with Crippen LogP contribution < -0.4 is 5.43 Å². The van der Waals surface area contributed by atoms with Gasteiger partial charge in [0, 0.05) is 18.1 Å². The Labute approximate surface area is 218 Å². The van der Waals surface area contributed by atoms with Crippen molar-refractivity contribution in [3.63, 3.8) is 0 Å².